The number of para-hydroxylation sites is 1. The monoisotopic (exact) mass is 839 g/mol. The second kappa shape index (κ2) is 16.5. The Morgan fingerprint density at radius 1 is 0.538 bits per heavy atom. The van der Waals surface area contributed by atoms with Crippen molar-refractivity contribution in [1.82, 2.24) is 0 Å². The second-order valence-electron chi connectivity index (χ2n) is 19.0. The van der Waals surface area contributed by atoms with Gasteiger partial charge in [-0.3, -0.25) is 0 Å². The molecule has 4 aliphatic carbocycles. The average molecular weight is 840 g/mol. The largest absolute Gasteiger partial charge is 0.334 e. The van der Waals surface area contributed by atoms with E-state index < -0.39 is 0 Å². The molecule has 7 aromatic carbocycles. The van der Waals surface area contributed by atoms with Crippen molar-refractivity contribution in [2.45, 2.75) is 76.2 Å². The number of allylic oxidation sites excluding steroid dienone is 6. The molecule has 0 radical (unpaired) electrons. The van der Waals surface area contributed by atoms with Gasteiger partial charge >= 0.3 is 0 Å². The third kappa shape index (κ3) is 7.01. The summed E-state index contributed by atoms with van der Waals surface area (Å²) in [5, 5.41) is 0. The first kappa shape index (κ1) is 40.8. The summed E-state index contributed by atoms with van der Waals surface area (Å²) in [5.74, 6) is 0.292. The molecule has 65 heavy (non-hydrogen) atoms. The number of benzene rings is 7. The van der Waals surface area contributed by atoms with Crippen molar-refractivity contribution < 1.29 is 0 Å². The van der Waals surface area contributed by atoms with Crippen LogP contribution in [0.2, 0.25) is 0 Å². The van der Waals surface area contributed by atoms with E-state index in [-0.39, 0.29) is 16.9 Å². The molecule has 1 nitrogen and oxygen atoms in total. The highest BCUT2D eigenvalue weighted by atomic mass is 15.2. The molecule has 0 spiro atoms. The van der Waals surface area contributed by atoms with E-state index in [9.17, 15) is 0 Å². The van der Waals surface area contributed by atoms with E-state index in [1.807, 2.05) is 0 Å². The summed E-state index contributed by atoms with van der Waals surface area (Å²) >= 11 is 0. The first-order chi connectivity index (χ1) is 31.9. The lowest BCUT2D eigenvalue weighted by atomic mass is 9.73. The summed E-state index contributed by atoms with van der Waals surface area (Å²) in [6.07, 6.45) is 22.6. The van der Waals surface area contributed by atoms with Gasteiger partial charge in [-0.05, 0) is 139 Å². The van der Waals surface area contributed by atoms with E-state index in [4.69, 9.17) is 0 Å². The predicted octanol–water partition coefficient (Wildman–Crippen LogP) is 17.1. The summed E-state index contributed by atoms with van der Waals surface area (Å²) in [7, 11) is 0. The number of rotatable bonds is 10. The fourth-order valence-electron chi connectivity index (χ4n) is 11.8. The van der Waals surface area contributed by atoms with Crippen molar-refractivity contribution in [3.8, 4) is 33.4 Å². The van der Waals surface area contributed by atoms with E-state index in [1.54, 1.807) is 0 Å². The number of hydrogen-bond donors (Lipinski definition) is 0. The summed E-state index contributed by atoms with van der Waals surface area (Å²) < 4.78 is 0. The molecule has 0 amide bonds. The Kier molecular flexibility index (Phi) is 10.4. The zero-order valence-corrected chi connectivity index (χ0v) is 38.1. The van der Waals surface area contributed by atoms with Gasteiger partial charge in [0.15, 0.2) is 0 Å². The van der Waals surface area contributed by atoms with E-state index in [0.29, 0.717) is 5.92 Å². The maximum atomic E-state index is 2.52. The zero-order valence-electron chi connectivity index (χ0n) is 38.1. The van der Waals surface area contributed by atoms with Crippen LogP contribution in [0.3, 0.4) is 0 Å². The molecule has 2 unspecified atom stereocenters. The normalized spacial score (nSPS) is 18.4. The summed E-state index contributed by atoms with van der Waals surface area (Å²) in [6.45, 7) is 9.51. The van der Waals surface area contributed by atoms with Gasteiger partial charge in [-0.1, -0.05) is 210 Å². The standard InChI is InChI=1S/C64H57N/c1-5-64(6-2)61-40-45(30-36-55(61)56-38-35-52(43-62(56)64)65(50-20-12-8-13-21-50)51-22-14-9-15-23-51)27-26-44-28-31-47(32-29-44)57-41-48(46-18-10-7-11-19-46)33-37-53(57)49-34-39-60-58(42-49)54-24-16-17-25-59(54)63(60,3)4/h7-22,24-41,43,49,51H,5-6,23,42H2,1-4H3/b27-26+. The molecule has 0 saturated heterocycles. The Morgan fingerprint density at radius 3 is 1.97 bits per heavy atom. The van der Waals surface area contributed by atoms with Crippen molar-refractivity contribution in [1.29, 1.82) is 0 Å². The van der Waals surface area contributed by atoms with Gasteiger partial charge in [0.05, 0.1) is 6.04 Å². The highest BCUT2D eigenvalue weighted by Crippen LogP contribution is 2.55. The molecule has 0 N–H and O–H groups in total. The molecule has 0 aliphatic heterocycles. The van der Waals surface area contributed by atoms with Crippen molar-refractivity contribution in [3.05, 3.63) is 245 Å². The number of anilines is 2. The maximum absolute atomic E-state index is 2.52. The zero-order chi connectivity index (χ0) is 44.1. The summed E-state index contributed by atoms with van der Waals surface area (Å²) in [5.41, 5.74) is 22.8. The quantitative estimate of drug-likeness (QED) is 0.124. The Morgan fingerprint density at radius 2 is 1.22 bits per heavy atom. The highest BCUT2D eigenvalue weighted by Gasteiger charge is 2.42. The molecule has 0 saturated carbocycles. The molecule has 318 valence electrons. The SMILES string of the molecule is CCC1(CC)c2cc(/C=C/c3ccc(-c4cc(-c5ccccc5)ccc4C4C=CC5=C(C4)c4ccccc4C5(C)C)cc3)ccc2-c2ccc(N(c3ccccc3)C3C=CC=CC3)cc21. The lowest BCUT2D eigenvalue weighted by molar-refractivity contribution is 0.490. The third-order valence-corrected chi connectivity index (χ3v) is 15.3. The van der Waals surface area contributed by atoms with Gasteiger partial charge in [0, 0.05) is 28.1 Å². The number of fused-ring (bicyclic) bond motifs is 5. The lowest BCUT2D eigenvalue weighted by Gasteiger charge is -2.35. The van der Waals surface area contributed by atoms with Crippen LogP contribution in [0.1, 0.15) is 98.2 Å². The molecule has 0 aromatic heterocycles. The molecule has 0 bridgehead atoms. The van der Waals surface area contributed by atoms with Crippen molar-refractivity contribution in [2.75, 3.05) is 4.90 Å². The lowest BCUT2D eigenvalue weighted by Crippen LogP contribution is -2.30. The molecule has 0 heterocycles. The van der Waals surface area contributed by atoms with Gasteiger partial charge < -0.3 is 4.90 Å². The predicted molar refractivity (Wildman–Crippen MR) is 278 cm³/mol. The minimum atomic E-state index is -0.0498. The van der Waals surface area contributed by atoms with Crippen LogP contribution in [0.5, 0.6) is 0 Å². The van der Waals surface area contributed by atoms with E-state index in [2.05, 4.69) is 245 Å². The van der Waals surface area contributed by atoms with Gasteiger partial charge in [0.1, 0.15) is 0 Å². The Hall–Kier alpha value is -6.96. The van der Waals surface area contributed by atoms with Crippen LogP contribution in [-0.4, -0.2) is 6.04 Å². The summed E-state index contributed by atoms with van der Waals surface area (Å²) in [6, 6.07) is 61.8. The van der Waals surface area contributed by atoms with Gasteiger partial charge in [0.2, 0.25) is 0 Å². The summed E-state index contributed by atoms with van der Waals surface area (Å²) in [4.78, 5) is 2.52. The molecular formula is C64H57N. The topological polar surface area (TPSA) is 3.24 Å². The molecule has 2 atom stereocenters. The van der Waals surface area contributed by atoms with Gasteiger partial charge in [0.25, 0.3) is 0 Å². The van der Waals surface area contributed by atoms with Crippen molar-refractivity contribution in [2.24, 2.45) is 0 Å². The molecule has 7 aromatic rings. The molecule has 1 heteroatoms. The van der Waals surface area contributed by atoms with E-state index in [0.717, 1.165) is 25.7 Å². The van der Waals surface area contributed by atoms with E-state index >= 15 is 0 Å². The number of nitrogens with zero attached hydrogens (tertiary/aromatic N) is 1. The van der Waals surface area contributed by atoms with Crippen LogP contribution in [0.4, 0.5) is 11.4 Å². The van der Waals surface area contributed by atoms with Gasteiger partial charge in [-0.25, -0.2) is 0 Å². The second-order valence-corrected chi connectivity index (χ2v) is 19.0. The minimum Gasteiger partial charge on any atom is -0.334 e. The molecule has 0 fully saturated rings. The average Bonchev–Trinajstić information content (AvgIpc) is 3.77. The number of hydrogen-bond acceptors (Lipinski definition) is 1. The van der Waals surface area contributed by atoms with Crippen LogP contribution in [-0.2, 0) is 10.8 Å². The smallest absolute Gasteiger partial charge is 0.0559 e. The van der Waals surface area contributed by atoms with Crippen LogP contribution in [0.25, 0.3) is 51.1 Å². The van der Waals surface area contributed by atoms with Crippen LogP contribution < -0.4 is 4.90 Å². The third-order valence-electron chi connectivity index (χ3n) is 15.3. The fraction of sp³-hybridized carbons (Fsp3) is 0.188. The van der Waals surface area contributed by atoms with Crippen molar-refractivity contribution in [3.63, 3.8) is 0 Å². The fourth-order valence-corrected chi connectivity index (χ4v) is 11.8. The van der Waals surface area contributed by atoms with Crippen molar-refractivity contribution >= 4 is 29.1 Å². The van der Waals surface area contributed by atoms with Crippen LogP contribution >= 0.6 is 0 Å². The minimum absolute atomic E-state index is 0.0241. The Labute approximate surface area is 386 Å². The first-order valence-electron chi connectivity index (χ1n) is 23.8. The molecule has 11 rings (SSSR count). The van der Waals surface area contributed by atoms with Crippen LogP contribution in [0.15, 0.2) is 206 Å². The maximum Gasteiger partial charge on any atom is 0.0559 e. The Balaban J connectivity index is 0.894. The van der Waals surface area contributed by atoms with Gasteiger partial charge in [-0.15, -0.1) is 0 Å². The van der Waals surface area contributed by atoms with E-state index in [1.165, 1.54) is 94.8 Å². The molecule has 4 aliphatic rings. The Bertz CT molecular complexity index is 3080. The van der Waals surface area contributed by atoms with Crippen LogP contribution in [0, 0.1) is 0 Å². The molecular weight excluding hydrogens is 783 g/mol. The first-order valence-corrected chi connectivity index (χ1v) is 23.8. The van der Waals surface area contributed by atoms with Gasteiger partial charge in [-0.2, -0.15) is 0 Å². The highest BCUT2D eigenvalue weighted by molar-refractivity contribution is 5.87.